The maximum Gasteiger partial charge on any atom is 0.338 e. The predicted octanol–water partition coefficient (Wildman–Crippen LogP) is 2.37. The molecule has 5 heteroatoms. The summed E-state index contributed by atoms with van der Waals surface area (Å²) >= 11 is 0. The summed E-state index contributed by atoms with van der Waals surface area (Å²) in [6, 6.07) is 5.38. The van der Waals surface area contributed by atoms with Gasteiger partial charge in [0.05, 0.1) is 16.9 Å². The Labute approximate surface area is 133 Å². The second-order valence-corrected chi connectivity index (χ2v) is 6.70. The number of hydrogen-bond acceptors (Lipinski definition) is 5. The first-order chi connectivity index (χ1) is 10.3. The first kappa shape index (κ1) is 16.6. The van der Waals surface area contributed by atoms with E-state index in [1.54, 1.807) is 12.1 Å². The van der Waals surface area contributed by atoms with Crippen LogP contribution in [0.5, 0.6) is 0 Å². The zero-order chi connectivity index (χ0) is 16.3. The van der Waals surface area contributed by atoms with Gasteiger partial charge in [-0.05, 0) is 45.5 Å². The largest absolute Gasteiger partial charge is 0.456 e. The van der Waals surface area contributed by atoms with Crippen LogP contribution < -0.4 is 10.6 Å². The van der Waals surface area contributed by atoms with Crippen molar-refractivity contribution in [1.29, 1.82) is 0 Å². The van der Waals surface area contributed by atoms with Gasteiger partial charge >= 0.3 is 5.97 Å². The Morgan fingerprint density at radius 2 is 1.86 bits per heavy atom. The fourth-order valence-corrected chi connectivity index (χ4v) is 2.59. The number of nitrogens with two attached hydrogens (primary N) is 1. The van der Waals surface area contributed by atoms with E-state index < -0.39 is 5.60 Å². The topological polar surface area (TPSA) is 58.8 Å². The highest BCUT2D eigenvalue weighted by Crippen LogP contribution is 2.26. The lowest BCUT2D eigenvalue weighted by molar-refractivity contribution is 0.00696. The third-order valence-electron chi connectivity index (χ3n) is 3.83. The monoisotopic (exact) mass is 305 g/mol. The molecule has 2 N–H and O–H groups in total. The molecule has 1 saturated heterocycles. The summed E-state index contributed by atoms with van der Waals surface area (Å²) < 4.78 is 5.43. The summed E-state index contributed by atoms with van der Waals surface area (Å²) in [5, 5.41) is 0. The Hall–Kier alpha value is -1.75. The Morgan fingerprint density at radius 3 is 2.41 bits per heavy atom. The first-order valence-corrected chi connectivity index (χ1v) is 7.90. The number of esters is 1. The van der Waals surface area contributed by atoms with Gasteiger partial charge in [0.1, 0.15) is 5.60 Å². The van der Waals surface area contributed by atoms with Crippen LogP contribution >= 0.6 is 0 Å². The number of hydrogen-bond donors (Lipinski definition) is 1. The summed E-state index contributed by atoms with van der Waals surface area (Å²) in [6.45, 7) is 12.7. The SMILES string of the molecule is CCN1CCN(c2cc(C(=O)OC(C)(C)C)ccc2N)CC1. The van der Waals surface area contributed by atoms with Crippen LogP contribution in [0.25, 0.3) is 0 Å². The van der Waals surface area contributed by atoms with E-state index >= 15 is 0 Å². The van der Waals surface area contributed by atoms with Crippen molar-refractivity contribution in [3.8, 4) is 0 Å². The number of carbonyl (C=O) groups is 1. The zero-order valence-corrected chi connectivity index (χ0v) is 14.1. The molecule has 1 aromatic rings. The van der Waals surface area contributed by atoms with Gasteiger partial charge in [0, 0.05) is 26.2 Å². The van der Waals surface area contributed by atoms with E-state index in [4.69, 9.17) is 10.5 Å². The lowest BCUT2D eigenvalue weighted by Gasteiger charge is -2.36. The van der Waals surface area contributed by atoms with Crippen molar-refractivity contribution >= 4 is 17.3 Å². The molecule has 0 saturated carbocycles. The fraction of sp³-hybridized carbons (Fsp3) is 0.588. The molecule has 0 spiro atoms. The van der Waals surface area contributed by atoms with Gasteiger partial charge in [-0.2, -0.15) is 0 Å². The van der Waals surface area contributed by atoms with E-state index in [1.807, 2.05) is 26.8 Å². The van der Waals surface area contributed by atoms with Crippen molar-refractivity contribution in [3.63, 3.8) is 0 Å². The molecular formula is C17H27N3O2. The van der Waals surface area contributed by atoms with E-state index in [1.165, 1.54) is 0 Å². The lowest BCUT2D eigenvalue weighted by Crippen LogP contribution is -2.46. The van der Waals surface area contributed by atoms with E-state index in [9.17, 15) is 4.79 Å². The smallest absolute Gasteiger partial charge is 0.338 e. The van der Waals surface area contributed by atoms with Crippen molar-refractivity contribution in [3.05, 3.63) is 23.8 Å². The number of nitrogen functional groups attached to an aromatic ring is 1. The minimum absolute atomic E-state index is 0.305. The second kappa shape index (κ2) is 6.57. The number of nitrogens with zero attached hydrogens (tertiary/aromatic N) is 2. The number of piperazine rings is 1. The van der Waals surface area contributed by atoms with Gasteiger partial charge in [-0.15, -0.1) is 0 Å². The standard InChI is InChI=1S/C17H27N3O2/c1-5-19-8-10-20(11-9-19)15-12-13(6-7-14(15)18)16(21)22-17(2,3)4/h6-7,12H,5,8-11,18H2,1-4H3. The molecule has 0 radical (unpaired) electrons. The number of rotatable bonds is 3. The normalized spacial score (nSPS) is 16.6. The van der Waals surface area contributed by atoms with Gasteiger partial charge in [0.15, 0.2) is 0 Å². The van der Waals surface area contributed by atoms with Crippen LogP contribution in [0.3, 0.4) is 0 Å². The number of ether oxygens (including phenoxy) is 1. The quantitative estimate of drug-likeness (QED) is 0.686. The second-order valence-electron chi connectivity index (χ2n) is 6.70. The average molecular weight is 305 g/mol. The summed E-state index contributed by atoms with van der Waals surface area (Å²) in [6.07, 6.45) is 0. The summed E-state index contributed by atoms with van der Waals surface area (Å²) in [5.74, 6) is -0.305. The molecule has 0 amide bonds. The van der Waals surface area contributed by atoms with Crippen LogP contribution in [-0.2, 0) is 4.74 Å². The highest BCUT2D eigenvalue weighted by atomic mass is 16.6. The highest BCUT2D eigenvalue weighted by molar-refractivity contribution is 5.92. The Morgan fingerprint density at radius 1 is 1.23 bits per heavy atom. The molecule has 1 aliphatic rings. The van der Waals surface area contributed by atoms with Gasteiger partial charge in [0.2, 0.25) is 0 Å². The van der Waals surface area contributed by atoms with Crippen molar-refractivity contribution in [2.45, 2.75) is 33.3 Å². The molecule has 1 fully saturated rings. The van der Waals surface area contributed by atoms with Crippen molar-refractivity contribution in [2.75, 3.05) is 43.4 Å². The lowest BCUT2D eigenvalue weighted by atomic mass is 10.1. The maximum atomic E-state index is 12.2. The molecule has 0 atom stereocenters. The summed E-state index contributed by atoms with van der Waals surface area (Å²) in [7, 11) is 0. The predicted molar refractivity (Wildman–Crippen MR) is 90.3 cm³/mol. The van der Waals surface area contributed by atoms with Crippen LogP contribution in [0.15, 0.2) is 18.2 Å². The van der Waals surface area contributed by atoms with Crippen LogP contribution in [0.2, 0.25) is 0 Å². The van der Waals surface area contributed by atoms with Crippen molar-refractivity contribution in [2.24, 2.45) is 0 Å². The molecule has 1 aliphatic heterocycles. The molecule has 1 heterocycles. The molecule has 2 rings (SSSR count). The number of carbonyl (C=O) groups excluding carboxylic acids is 1. The summed E-state index contributed by atoms with van der Waals surface area (Å²) in [4.78, 5) is 16.9. The van der Waals surface area contributed by atoms with Gasteiger partial charge < -0.3 is 20.3 Å². The first-order valence-electron chi connectivity index (χ1n) is 7.90. The van der Waals surface area contributed by atoms with Crippen molar-refractivity contribution < 1.29 is 9.53 Å². The fourth-order valence-electron chi connectivity index (χ4n) is 2.59. The number of anilines is 2. The van der Waals surface area contributed by atoms with Gasteiger partial charge in [-0.3, -0.25) is 0 Å². The van der Waals surface area contributed by atoms with Gasteiger partial charge in [-0.1, -0.05) is 6.92 Å². The number of benzene rings is 1. The van der Waals surface area contributed by atoms with E-state index in [-0.39, 0.29) is 5.97 Å². The molecule has 1 aromatic carbocycles. The van der Waals surface area contributed by atoms with E-state index in [2.05, 4.69) is 16.7 Å². The molecule has 122 valence electrons. The number of likely N-dealkylation sites (N-methyl/N-ethyl adjacent to an activating group) is 1. The highest BCUT2D eigenvalue weighted by Gasteiger charge is 2.21. The Kier molecular flexibility index (Phi) is 4.96. The maximum absolute atomic E-state index is 12.2. The van der Waals surface area contributed by atoms with Crippen LogP contribution in [0, 0.1) is 0 Å². The summed E-state index contributed by atoms with van der Waals surface area (Å²) in [5.41, 5.74) is 7.80. The minimum atomic E-state index is -0.495. The van der Waals surface area contributed by atoms with Crippen LogP contribution in [0.1, 0.15) is 38.1 Å². The van der Waals surface area contributed by atoms with E-state index in [0.29, 0.717) is 11.3 Å². The van der Waals surface area contributed by atoms with Crippen LogP contribution in [-0.4, -0.2) is 49.2 Å². The zero-order valence-electron chi connectivity index (χ0n) is 14.1. The average Bonchev–Trinajstić information content (AvgIpc) is 2.46. The Bertz CT molecular complexity index is 529. The minimum Gasteiger partial charge on any atom is -0.456 e. The molecule has 0 bridgehead atoms. The molecule has 22 heavy (non-hydrogen) atoms. The third-order valence-corrected chi connectivity index (χ3v) is 3.83. The molecule has 0 aromatic heterocycles. The third kappa shape index (κ3) is 4.13. The van der Waals surface area contributed by atoms with E-state index in [0.717, 1.165) is 38.4 Å². The van der Waals surface area contributed by atoms with Crippen LogP contribution in [0.4, 0.5) is 11.4 Å². The Balaban J connectivity index is 2.15. The van der Waals surface area contributed by atoms with Gasteiger partial charge in [-0.25, -0.2) is 4.79 Å². The van der Waals surface area contributed by atoms with Gasteiger partial charge in [0.25, 0.3) is 0 Å². The molecule has 5 nitrogen and oxygen atoms in total. The van der Waals surface area contributed by atoms with Crippen molar-refractivity contribution in [1.82, 2.24) is 4.90 Å². The molecular weight excluding hydrogens is 278 g/mol. The molecule has 0 unspecified atom stereocenters. The molecule has 0 aliphatic carbocycles.